The summed E-state index contributed by atoms with van der Waals surface area (Å²) in [7, 11) is -4.26. The van der Waals surface area contributed by atoms with Crippen LogP contribution in [0.1, 0.15) is 65.2 Å². The average Bonchev–Trinajstić information content (AvgIpc) is 2.24. The summed E-state index contributed by atoms with van der Waals surface area (Å²) in [5.74, 6) is 0. The summed E-state index contributed by atoms with van der Waals surface area (Å²) < 4.78 is 32.5. The topological polar surface area (TPSA) is 77.4 Å². The second kappa shape index (κ2) is 11.7. The van der Waals surface area contributed by atoms with Crippen molar-refractivity contribution in [2.45, 2.75) is 76.6 Å². The zero-order valence-corrected chi connectivity index (χ0v) is 14.7. The fourth-order valence-corrected chi connectivity index (χ4v) is 2.76. The normalized spacial score (nSPS) is 14.9. The van der Waals surface area contributed by atoms with Crippen molar-refractivity contribution in [3.05, 3.63) is 0 Å². The molecule has 0 radical (unpaired) electrons. The van der Waals surface area contributed by atoms with Crippen LogP contribution >= 0.6 is 0 Å². The van der Waals surface area contributed by atoms with E-state index in [0.717, 1.165) is 19.3 Å². The van der Waals surface area contributed by atoms with E-state index >= 15 is 0 Å². The Hall–Kier alpha value is 0.870. The van der Waals surface area contributed by atoms with Crippen molar-refractivity contribution in [1.82, 2.24) is 0 Å². The van der Waals surface area contributed by atoms with Crippen LogP contribution in [-0.4, -0.2) is 29.4 Å². The van der Waals surface area contributed by atoms with Crippen molar-refractivity contribution in [3.63, 3.8) is 0 Å². The van der Waals surface area contributed by atoms with Gasteiger partial charge in [-0.15, -0.1) is 0 Å². The van der Waals surface area contributed by atoms with Crippen LogP contribution in [0.4, 0.5) is 0 Å². The number of rotatable bonds is 10. The quantitative estimate of drug-likeness (QED) is 0.332. The molecule has 0 amide bonds. The van der Waals surface area contributed by atoms with Gasteiger partial charge < -0.3 is 9.66 Å². The van der Waals surface area contributed by atoms with Gasteiger partial charge in [-0.2, -0.15) is 0 Å². The Morgan fingerprint density at radius 1 is 1.11 bits per heavy atom. The van der Waals surface area contributed by atoms with E-state index in [1.807, 2.05) is 0 Å². The second-order valence-corrected chi connectivity index (χ2v) is 6.27. The summed E-state index contributed by atoms with van der Waals surface area (Å²) in [4.78, 5) is 0. The Kier molecular flexibility index (Phi) is 13.7. The smallest absolute Gasteiger partial charge is 0.748 e. The number of unbranched alkanes of at least 4 members (excludes halogenated alkanes) is 4. The molecule has 0 spiro atoms. The van der Waals surface area contributed by atoms with Crippen LogP contribution in [0.3, 0.4) is 0 Å². The van der Waals surface area contributed by atoms with Gasteiger partial charge >= 0.3 is 29.6 Å². The summed E-state index contributed by atoms with van der Waals surface area (Å²) in [6, 6.07) is 0. The third kappa shape index (κ3) is 10.8. The Bertz CT molecular complexity index is 280. The number of hydrogen-bond donors (Lipinski definition) is 1. The Balaban J connectivity index is 0. The molecule has 2 unspecified atom stereocenters. The fourth-order valence-electron chi connectivity index (χ4n) is 1.89. The van der Waals surface area contributed by atoms with E-state index in [2.05, 4.69) is 6.92 Å². The summed E-state index contributed by atoms with van der Waals surface area (Å²) in [5.41, 5.74) is 0. The first-order chi connectivity index (χ1) is 7.91. The SMILES string of the molecule is CCCCCCCC(O)CC(CC)S(=O)(=O)[O-].[Na+]. The molecule has 0 aromatic heterocycles. The predicted molar refractivity (Wildman–Crippen MR) is 67.8 cm³/mol. The van der Waals surface area contributed by atoms with Gasteiger partial charge in [0.15, 0.2) is 0 Å². The maximum absolute atomic E-state index is 10.8. The van der Waals surface area contributed by atoms with Crippen LogP contribution in [0.2, 0.25) is 0 Å². The van der Waals surface area contributed by atoms with Crippen LogP contribution in [0, 0.1) is 0 Å². The van der Waals surface area contributed by atoms with E-state index in [9.17, 15) is 18.1 Å². The Morgan fingerprint density at radius 3 is 2.11 bits per heavy atom. The van der Waals surface area contributed by atoms with Crippen LogP contribution in [0.25, 0.3) is 0 Å². The van der Waals surface area contributed by atoms with Crippen LogP contribution < -0.4 is 29.6 Å². The molecular formula is C12H25NaO4S. The van der Waals surface area contributed by atoms with Crippen molar-refractivity contribution in [3.8, 4) is 0 Å². The van der Waals surface area contributed by atoms with Crippen LogP contribution in [-0.2, 0) is 10.1 Å². The minimum atomic E-state index is -4.26. The maximum Gasteiger partial charge on any atom is 1.00 e. The van der Waals surface area contributed by atoms with Gasteiger partial charge in [0, 0.05) is 0 Å². The minimum Gasteiger partial charge on any atom is -0.748 e. The van der Waals surface area contributed by atoms with Gasteiger partial charge in [-0.25, -0.2) is 8.42 Å². The molecule has 1 N–H and O–H groups in total. The van der Waals surface area contributed by atoms with Gasteiger partial charge in [0.1, 0.15) is 0 Å². The van der Waals surface area contributed by atoms with E-state index in [-0.39, 0.29) is 42.4 Å². The third-order valence-corrected chi connectivity index (χ3v) is 4.38. The molecule has 0 aliphatic heterocycles. The minimum absolute atomic E-state index is 0. The van der Waals surface area contributed by atoms with Crippen LogP contribution in [0.15, 0.2) is 0 Å². The summed E-state index contributed by atoms with van der Waals surface area (Å²) >= 11 is 0. The van der Waals surface area contributed by atoms with E-state index in [1.165, 1.54) is 12.8 Å². The monoisotopic (exact) mass is 288 g/mol. The predicted octanol–water partition coefficient (Wildman–Crippen LogP) is -0.574. The van der Waals surface area contributed by atoms with Gasteiger partial charge in [0.25, 0.3) is 0 Å². The van der Waals surface area contributed by atoms with Gasteiger partial charge in [0.05, 0.1) is 21.5 Å². The van der Waals surface area contributed by atoms with Crippen molar-refractivity contribution >= 4 is 10.1 Å². The molecule has 0 aromatic carbocycles. The molecule has 104 valence electrons. The molecule has 6 heteroatoms. The first-order valence-electron chi connectivity index (χ1n) is 6.54. The first kappa shape index (κ1) is 21.2. The summed E-state index contributed by atoms with van der Waals surface area (Å²) in [6.45, 7) is 3.80. The third-order valence-electron chi connectivity index (χ3n) is 3.04. The van der Waals surface area contributed by atoms with E-state index < -0.39 is 21.5 Å². The van der Waals surface area contributed by atoms with E-state index in [0.29, 0.717) is 6.42 Å². The van der Waals surface area contributed by atoms with E-state index in [4.69, 9.17) is 0 Å². The van der Waals surface area contributed by atoms with Gasteiger partial charge in [0.2, 0.25) is 0 Å². The average molecular weight is 288 g/mol. The molecule has 4 nitrogen and oxygen atoms in total. The van der Waals surface area contributed by atoms with Crippen molar-refractivity contribution in [1.29, 1.82) is 0 Å². The molecule has 0 aliphatic rings. The second-order valence-electron chi connectivity index (χ2n) is 4.62. The van der Waals surface area contributed by atoms with Crippen molar-refractivity contribution < 1.29 is 47.6 Å². The molecule has 0 aromatic rings. The molecule has 0 aliphatic carbocycles. The van der Waals surface area contributed by atoms with E-state index in [1.54, 1.807) is 6.92 Å². The molecule has 0 rings (SSSR count). The summed E-state index contributed by atoms with van der Waals surface area (Å²) in [6.07, 6.45) is 5.77. The number of aliphatic hydroxyl groups excluding tert-OH is 1. The molecule has 18 heavy (non-hydrogen) atoms. The molecular weight excluding hydrogens is 263 g/mol. The largest absolute Gasteiger partial charge is 1.00 e. The summed E-state index contributed by atoms with van der Waals surface area (Å²) in [5, 5.41) is 8.73. The number of aliphatic hydroxyl groups is 1. The Morgan fingerprint density at radius 2 is 1.67 bits per heavy atom. The molecule has 2 atom stereocenters. The fraction of sp³-hybridized carbons (Fsp3) is 1.00. The Labute approximate surface area is 134 Å². The standard InChI is InChI=1S/C12H26O4S.Na/c1-3-5-6-7-8-9-11(13)10-12(4-2)17(14,15)16;/h11-13H,3-10H2,1-2H3,(H,14,15,16);/q;+1/p-1. The first-order valence-corrected chi connectivity index (χ1v) is 8.01. The molecule has 0 saturated heterocycles. The van der Waals surface area contributed by atoms with Crippen molar-refractivity contribution in [2.24, 2.45) is 0 Å². The molecule has 0 bridgehead atoms. The van der Waals surface area contributed by atoms with Gasteiger partial charge in [-0.05, 0) is 19.3 Å². The molecule has 0 saturated carbocycles. The van der Waals surface area contributed by atoms with Crippen molar-refractivity contribution in [2.75, 3.05) is 0 Å². The maximum atomic E-state index is 10.8. The zero-order valence-electron chi connectivity index (χ0n) is 11.9. The van der Waals surface area contributed by atoms with Crippen LogP contribution in [0.5, 0.6) is 0 Å². The number of hydrogen-bond acceptors (Lipinski definition) is 4. The van der Waals surface area contributed by atoms with Gasteiger partial charge in [-0.3, -0.25) is 0 Å². The van der Waals surface area contributed by atoms with Gasteiger partial charge in [-0.1, -0.05) is 46.0 Å². The molecule has 0 heterocycles. The zero-order chi connectivity index (χ0) is 13.3. The molecule has 0 fully saturated rings.